The number of phenols is 1. The lowest BCUT2D eigenvalue weighted by Gasteiger charge is -2.28. The van der Waals surface area contributed by atoms with Gasteiger partial charge in [0.15, 0.2) is 0 Å². The number of hydrogen-bond acceptors (Lipinski definition) is 1. The molecule has 1 atom stereocenters. The quantitative estimate of drug-likeness (QED) is 0.623. The molecule has 0 saturated heterocycles. The molecule has 0 aliphatic rings. The fourth-order valence-corrected chi connectivity index (χ4v) is 4.17. The molecule has 0 radical (unpaired) electrons. The number of alkyl halides is 3. The average Bonchev–Trinajstić information content (AvgIpc) is 2.47. The zero-order valence-corrected chi connectivity index (χ0v) is 18.0. The van der Waals surface area contributed by atoms with Crippen molar-refractivity contribution in [3.8, 4) is 5.75 Å². The minimum absolute atomic E-state index is 0.0996. The van der Waals surface area contributed by atoms with Crippen molar-refractivity contribution < 1.29 is 18.3 Å². The molecule has 0 bridgehead atoms. The molecule has 0 spiro atoms. The highest BCUT2D eigenvalue weighted by Crippen LogP contribution is 2.38. The Morgan fingerprint density at radius 2 is 1.37 bits per heavy atom. The van der Waals surface area contributed by atoms with Gasteiger partial charge in [-0.15, -0.1) is 0 Å². The van der Waals surface area contributed by atoms with Gasteiger partial charge >= 0.3 is 6.18 Å². The molecule has 0 amide bonds. The van der Waals surface area contributed by atoms with Crippen LogP contribution < -0.4 is 10.6 Å². The van der Waals surface area contributed by atoms with Gasteiger partial charge in [0, 0.05) is 10.9 Å². The summed E-state index contributed by atoms with van der Waals surface area (Å²) >= 11 is 0. The van der Waals surface area contributed by atoms with E-state index < -0.39 is 11.7 Å². The Morgan fingerprint density at radius 3 is 1.85 bits per heavy atom. The van der Waals surface area contributed by atoms with E-state index in [1.165, 1.54) is 12.1 Å². The van der Waals surface area contributed by atoms with Gasteiger partial charge in [0.1, 0.15) is 5.75 Å². The molecule has 0 heterocycles. The van der Waals surface area contributed by atoms with Crippen LogP contribution in [0.5, 0.6) is 5.75 Å². The van der Waals surface area contributed by atoms with Gasteiger partial charge in [0.05, 0.1) is 5.56 Å². The molecule has 0 aromatic heterocycles. The van der Waals surface area contributed by atoms with Crippen molar-refractivity contribution in [3.05, 3.63) is 52.6 Å². The van der Waals surface area contributed by atoms with Crippen molar-refractivity contribution >= 4 is 19.2 Å². The normalized spacial score (nSPS) is 13.6. The van der Waals surface area contributed by atoms with Crippen molar-refractivity contribution in [2.75, 3.05) is 0 Å². The summed E-state index contributed by atoms with van der Waals surface area (Å²) in [5, 5.41) is 11.6. The molecule has 0 saturated carbocycles. The highest BCUT2D eigenvalue weighted by atomic mass is 31.1. The van der Waals surface area contributed by atoms with Crippen LogP contribution in [0.25, 0.3) is 0 Å². The number of aryl methyl sites for hydroxylation is 1. The Hall–Kier alpha value is -1.54. The predicted octanol–water partition coefficient (Wildman–Crippen LogP) is 5.94. The van der Waals surface area contributed by atoms with Gasteiger partial charge in [0.2, 0.25) is 0 Å². The van der Waals surface area contributed by atoms with Crippen LogP contribution in [-0.2, 0) is 17.0 Å². The van der Waals surface area contributed by atoms with Crippen molar-refractivity contribution in [1.29, 1.82) is 0 Å². The van der Waals surface area contributed by atoms with Crippen molar-refractivity contribution in [1.82, 2.24) is 0 Å². The van der Waals surface area contributed by atoms with E-state index in [1.54, 1.807) is 13.0 Å². The maximum absolute atomic E-state index is 13.5. The SMILES string of the molecule is Cc1ccc(Pc2cc(C(C)(C)C)cc(C(C)(C)C)c2O)c(C(F)(F)F)c1. The summed E-state index contributed by atoms with van der Waals surface area (Å²) in [6.45, 7) is 13.8. The largest absolute Gasteiger partial charge is 0.507 e. The Balaban J connectivity index is 2.67. The molecule has 2 aromatic rings. The Bertz CT molecular complexity index is 840. The molecular weight excluding hydrogens is 368 g/mol. The van der Waals surface area contributed by atoms with E-state index in [2.05, 4.69) is 20.8 Å². The molecule has 148 valence electrons. The standard InChI is InChI=1S/C22H28F3OP/c1-13-8-9-17(15(10-13)22(23,24)25)27-18-12-14(20(2,3)4)11-16(19(18)26)21(5,6)7/h8-12,26-27H,1-7H3. The minimum atomic E-state index is -4.42. The van der Waals surface area contributed by atoms with Gasteiger partial charge < -0.3 is 5.11 Å². The molecule has 27 heavy (non-hydrogen) atoms. The molecule has 1 N–H and O–H groups in total. The van der Waals surface area contributed by atoms with E-state index in [0.29, 0.717) is 10.9 Å². The zero-order chi connectivity index (χ0) is 20.8. The molecule has 0 aliphatic heterocycles. The summed E-state index contributed by atoms with van der Waals surface area (Å²) in [6.07, 6.45) is -4.42. The highest BCUT2D eigenvalue weighted by Gasteiger charge is 2.34. The van der Waals surface area contributed by atoms with Gasteiger partial charge in [-0.1, -0.05) is 73.9 Å². The van der Waals surface area contributed by atoms with Gasteiger partial charge in [-0.05, 0) is 40.8 Å². The van der Waals surface area contributed by atoms with Crippen LogP contribution in [0, 0.1) is 6.92 Å². The smallest absolute Gasteiger partial charge is 0.417 e. The first-order chi connectivity index (χ1) is 12.1. The van der Waals surface area contributed by atoms with Crippen LogP contribution in [0.15, 0.2) is 30.3 Å². The van der Waals surface area contributed by atoms with Crippen LogP contribution >= 0.6 is 8.58 Å². The fraction of sp³-hybridized carbons (Fsp3) is 0.455. The first kappa shape index (κ1) is 21.8. The molecular formula is C22H28F3OP. The first-order valence-electron chi connectivity index (χ1n) is 8.93. The van der Waals surface area contributed by atoms with Crippen LogP contribution in [0.3, 0.4) is 0 Å². The Morgan fingerprint density at radius 1 is 0.778 bits per heavy atom. The Kier molecular flexibility index (Phi) is 5.74. The summed E-state index contributed by atoms with van der Waals surface area (Å²) in [4.78, 5) is 0. The molecule has 1 unspecified atom stereocenters. The van der Waals surface area contributed by atoms with E-state index in [1.807, 2.05) is 32.9 Å². The zero-order valence-electron chi connectivity index (χ0n) is 17.0. The van der Waals surface area contributed by atoms with Crippen LogP contribution in [0.2, 0.25) is 0 Å². The van der Waals surface area contributed by atoms with Crippen LogP contribution in [0.4, 0.5) is 13.2 Å². The lowest BCUT2D eigenvalue weighted by Crippen LogP contribution is -2.22. The second-order valence-electron chi connectivity index (χ2n) is 9.09. The Labute approximate surface area is 161 Å². The molecule has 1 nitrogen and oxygen atoms in total. The summed E-state index contributed by atoms with van der Waals surface area (Å²) < 4.78 is 40.5. The average molecular weight is 396 g/mol. The maximum atomic E-state index is 13.5. The van der Waals surface area contributed by atoms with E-state index in [9.17, 15) is 18.3 Å². The molecule has 0 fully saturated rings. The first-order valence-corrected chi connectivity index (χ1v) is 9.93. The number of hydrogen-bond donors (Lipinski definition) is 1. The predicted molar refractivity (Wildman–Crippen MR) is 109 cm³/mol. The van der Waals surface area contributed by atoms with E-state index in [4.69, 9.17) is 0 Å². The minimum Gasteiger partial charge on any atom is -0.507 e. The van der Waals surface area contributed by atoms with Crippen LogP contribution in [-0.4, -0.2) is 5.11 Å². The third-order valence-electron chi connectivity index (χ3n) is 4.53. The van der Waals surface area contributed by atoms with Gasteiger partial charge in [-0.25, -0.2) is 0 Å². The third-order valence-corrected chi connectivity index (χ3v) is 5.89. The van der Waals surface area contributed by atoms with Gasteiger partial charge in [-0.3, -0.25) is 0 Å². The second kappa shape index (κ2) is 7.13. The summed E-state index contributed by atoms with van der Waals surface area (Å²) in [5.74, 6) is 0.0996. The molecule has 5 heteroatoms. The fourth-order valence-electron chi connectivity index (χ4n) is 2.88. The topological polar surface area (TPSA) is 20.2 Å². The molecule has 2 aromatic carbocycles. The van der Waals surface area contributed by atoms with Crippen molar-refractivity contribution in [3.63, 3.8) is 0 Å². The maximum Gasteiger partial charge on any atom is 0.417 e. The van der Waals surface area contributed by atoms with Gasteiger partial charge in [0.25, 0.3) is 0 Å². The second-order valence-corrected chi connectivity index (χ2v) is 10.4. The third kappa shape index (κ3) is 5.04. The van der Waals surface area contributed by atoms with Crippen molar-refractivity contribution in [2.24, 2.45) is 0 Å². The molecule has 2 rings (SSSR count). The van der Waals surface area contributed by atoms with E-state index in [0.717, 1.165) is 11.1 Å². The highest BCUT2D eigenvalue weighted by molar-refractivity contribution is 7.55. The summed E-state index contributed by atoms with van der Waals surface area (Å²) in [5.41, 5.74) is 1.22. The number of aromatic hydroxyl groups is 1. The lowest BCUT2D eigenvalue weighted by molar-refractivity contribution is -0.136. The van der Waals surface area contributed by atoms with Crippen LogP contribution in [0.1, 0.15) is 63.8 Å². The summed E-state index contributed by atoms with van der Waals surface area (Å²) in [7, 11) is -0.275. The number of halogens is 3. The number of benzene rings is 2. The van der Waals surface area contributed by atoms with E-state index in [-0.39, 0.29) is 30.5 Å². The monoisotopic (exact) mass is 396 g/mol. The number of phenolic OH excluding ortho intramolecular Hbond substituents is 1. The van der Waals surface area contributed by atoms with Gasteiger partial charge in [-0.2, -0.15) is 13.2 Å². The molecule has 0 aliphatic carbocycles. The summed E-state index contributed by atoms with van der Waals surface area (Å²) in [6, 6.07) is 8.22. The number of rotatable bonds is 2. The van der Waals surface area contributed by atoms with E-state index >= 15 is 0 Å². The van der Waals surface area contributed by atoms with Crippen molar-refractivity contribution in [2.45, 2.75) is 65.5 Å². The lowest BCUT2D eigenvalue weighted by atomic mass is 9.80.